The Labute approximate surface area is 126 Å². The fourth-order valence-corrected chi connectivity index (χ4v) is 2.44. The molecule has 0 bridgehead atoms. The third-order valence-corrected chi connectivity index (χ3v) is 3.51. The molecule has 3 heteroatoms. The minimum Gasteiger partial charge on any atom is -0.329 e. The molecule has 0 aromatic heterocycles. The van der Waals surface area contributed by atoms with Crippen molar-refractivity contribution in [2.24, 2.45) is 5.73 Å². The fraction of sp³-hybridized carbons (Fsp3) is 0.250. The molecule has 0 aliphatic carbocycles. The van der Waals surface area contributed by atoms with Gasteiger partial charge in [-0.05, 0) is 24.0 Å². The summed E-state index contributed by atoms with van der Waals surface area (Å²) < 4.78 is 0. The van der Waals surface area contributed by atoms with E-state index in [4.69, 9.17) is 17.3 Å². The number of hydrogen-bond acceptors (Lipinski definition) is 1. The van der Waals surface area contributed by atoms with Gasteiger partial charge in [0.15, 0.2) is 0 Å². The van der Waals surface area contributed by atoms with Crippen LogP contribution in [0, 0.1) is 0 Å². The van der Waals surface area contributed by atoms with Gasteiger partial charge in [0, 0.05) is 6.54 Å². The zero-order chi connectivity index (χ0) is 12.8. The third kappa shape index (κ3) is 4.87. The van der Waals surface area contributed by atoms with Crippen molar-refractivity contribution < 1.29 is 0 Å². The van der Waals surface area contributed by atoms with Crippen molar-refractivity contribution in [1.82, 2.24) is 0 Å². The van der Waals surface area contributed by atoms with Crippen LogP contribution in [0.25, 0.3) is 0 Å². The molecule has 102 valence electrons. The lowest BCUT2D eigenvalue weighted by molar-refractivity contribution is 0.576. The van der Waals surface area contributed by atoms with Gasteiger partial charge in [0.25, 0.3) is 0 Å². The number of alkyl halides is 1. The third-order valence-electron chi connectivity index (χ3n) is 3.09. The Kier molecular flexibility index (Phi) is 6.36. The smallest absolute Gasteiger partial charge is 0.0648 e. The Bertz CT molecular complexity index is 429. The summed E-state index contributed by atoms with van der Waals surface area (Å²) in [5.74, 6) is 0. The molecule has 0 aliphatic rings. The first-order valence-electron chi connectivity index (χ1n) is 6.19. The molecule has 2 aromatic carbocycles. The van der Waals surface area contributed by atoms with E-state index in [1.54, 1.807) is 0 Å². The molecule has 0 heterocycles. The second-order valence-electron chi connectivity index (χ2n) is 4.68. The Balaban J connectivity index is 0.00000180. The summed E-state index contributed by atoms with van der Waals surface area (Å²) in [5.41, 5.74) is 8.33. The first-order chi connectivity index (χ1) is 8.72. The molecule has 2 aromatic rings. The summed E-state index contributed by atoms with van der Waals surface area (Å²) in [5, 5.41) is 0. The highest BCUT2D eigenvalue weighted by Gasteiger charge is 2.26. The maximum absolute atomic E-state index is 6.67. The highest BCUT2D eigenvalue weighted by Crippen LogP contribution is 2.25. The summed E-state index contributed by atoms with van der Waals surface area (Å²) in [6.07, 6.45) is 1.58. The molecular weight excluding hydrogens is 277 g/mol. The number of hydrogen-bond donors (Lipinski definition) is 1. The van der Waals surface area contributed by atoms with Crippen molar-refractivity contribution >= 4 is 24.0 Å². The van der Waals surface area contributed by atoms with Crippen molar-refractivity contribution in [3.63, 3.8) is 0 Å². The van der Waals surface area contributed by atoms with E-state index < -0.39 is 4.87 Å². The Morgan fingerprint density at radius 2 is 1.16 bits per heavy atom. The van der Waals surface area contributed by atoms with E-state index in [9.17, 15) is 0 Å². The molecule has 0 saturated carbocycles. The molecule has 2 rings (SSSR count). The van der Waals surface area contributed by atoms with Gasteiger partial charge in [-0.1, -0.05) is 60.7 Å². The first-order valence-corrected chi connectivity index (χ1v) is 6.56. The van der Waals surface area contributed by atoms with Gasteiger partial charge in [0.2, 0.25) is 0 Å². The lowest BCUT2D eigenvalue weighted by Gasteiger charge is -2.25. The second-order valence-corrected chi connectivity index (χ2v) is 5.48. The molecule has 0 aliphatic heterocycles. The lowest BCUT2D eigenvalue weighted by Crippen LogP contribution is -2.36. The van der Waals surface area contributed by atoms with Gasteiger partial charge < -0.3 is 5.73 Å². The Morgan fingerprint density at radius 3 is 1.47 bits per heavy atom. The molecule has 0 saturated heterocycles. The van der Waals surface area contributed by atoms with Gasteiger partial charge in [-0.25, -0.2) is 0 Å². The summed E-state index contributed by atoms with van der Waals surface area (Å²) >= 11 is 6.67. The van der Waals surface area contributed by atoms with Crippen molar-refractivity contribution in [1.29, 1.82) is 0 Å². The Hall–Kier alpha value is -1.02. The normalized spacial score (nSPS) is 10.8. The summed E-state index contributed by atoms with van der Waals surface area (Å²) in [4.78, 5) is -0.400. The van der Waals surface area contributed by atoms with Crippen molar-refractivity contribution in [2.45, 2.75) is 17.7 Å². The van der Waals surface area contributed by atoms with Gasteiger partial charge in [-0.3, -0.25) is 0 Å². The van der Waals surface area contributed by atoms with Crippen LogP contribution in [-0.4, -0.2) is 11.4 Å². The van der Waals surface area contributed by atoms with Crippen LogP contribution in [-0.2, 0) is 12.8 Å². The SMILES string of the molecule is Cl.NCC(Cl)(Cc1ccccc1)Cc1ccccc1. The van der Waals surface area contributed by atoms with Gasteiger partial charge in [0.05, 0.1) is 4.87 Å². The van der Waals surface area contributed by atoms with E-state index in [1.165, 1.54) is 11.1 Å². The maximum Gasteiger partial charge on any atom is 0.0648 e. The average Bonchev–Trinajstić information content (AvgIpc) is 2.41. The van der Waals surface area contributed by atoms with E-state index in [1.807, 2.05) is 36.4 Å². The van der Waals surface area contributed by atoms with Crippen LogP contribution in [0.1, 0.15) is 11.1 Å². The predicted octanol–water partition coefficient (Wildman–Crippen LogP) is 3.83. The van der Waals surface area contributed by atoms with Crippen LogP contribution in [0.2, 0.25) is 0 Å². The maximum atomic E-state index is 6.67. The van der Waals surface area contributed by atoms with Crippen LogP contribution >= 0.6 is 24.0 Å². The summed E-state index contributed by atoms with van der Waals surface area (Å²) in [6.45, 7) is 0.471. The number of rotatable bonds is 5. The van der Waals surface area contributed by atoms with E-state index in [0.717, 1.165) is 12.8 Å². The van der Waals surface area contributed by atoms with E-state index in [2.05, 4.69) is 24.3 Å². The minimum absolute atomic E-state index is 0. The summed E-state index contributed by atoms with van der Waals surface area (Å²) in [6, 6.07) is 20.5. The van der Waals surface area contributed by atoms with E-state index in [-0.39, 0.29) is 12.4 Å². The van der Waals surface area contributed by atoms with Crippen LogP contribution in [0.5, 0.6) is 0 Å². The van der Waals surface area contributed by atoms with Crippen molar-refractivity contribution in [3.8, 4) is 0 Å². The zero-order valence-corrected chi connectivity index (χ0v) is 12.3. The molecule has 0 atom stereocenters. The lowest BCUT2D eigenvalue weighted by atomic mass is 9.92. The largest absolute Gasteiger partial charge is 0.329 e. The molecule has 0 spiro atoms. The predicted molar refractivity (Wildman–Crippen MR) is 85.2 cm³/mol. The van der Waals surface area contributed by atoms with Gasteiger partial charge in [-0.15, -0.1) is 24.0 Å². The molecule has 0 fully saturated rings. The van der Waals surface area contributed by atoms with Crippen LogP contribution in [0.3, 0.4) is 0 Å². The highest BCUT2D eigenvalue weighted by atomic mass is 35.5. The minimum atomic E-state index is -0.400. The molecule has 0 amide bonds. The van der Waals surface area contributed by atoms with Crippen LogP contribution < -0.4 is 5.73 Å². The number of nitrogens with two attached hydrogens (primary N) is 1. The Morgan fingerprint density at radius 1 is 0.789 bits per heavy atom. The average molecular weight is 296 g/mol. The molecule has 19 heavy (non-hydrogen) atoms. The van der Waals surface area contributed by atoms with Crippen molar-refractivity contribution in [3.05, 3.63) is 71.8 Å². The van der Waals surface area contributed by atoms with E-state index >= 15 is 0 Å². The molecule has 0 radical (unpaired) electrons. The van der Waals surface area contributed by atoms with Crippen LogP contribution in [0.4, 0.5) is 0 Å². The standard InChI is InChI=1S/C16H18ClN.ClH/c17-16(13-18,11-14-7-3-1-4-8-14)12-15-9-5-2-6-10-15;/h1-10H,11-13,18H2;1H. The monoisotopic (exact) mass is 295 g/mol. The fourth-order valence-electron chi connectivity index (χ4n) is 2.13. The molecule has 0 unspecified atom stereocenters. The van der Waals surface area contributed by atoms with Crippen LogP contribution in [0.15, 0.2) is 60.7 Å². The van der Waals surface area contributed by atoms with Gasteiger partial charge in [-0.2, -0.15) is 0 Å². The summed E-state index contributed by atoms with van der Waals surface area (Å²) in [7, 11) is 0. The molecular formula is C16H19Cl2N. The van der Waals surface area contributed by atoms with Gasteiger partial charge >= 0.3 is 0 Å². The number of benzene rings is 2. The molecule has 1 nitrogen and oxygen atoms in total. The van der Waals surface area contributed by atoms with Gasteiger partial charge in [0.1, 0.15) is 0 Å². The molecule has 2 N–H and O–H groups in total. The van der Waals surface area contributed by atoms with Crippen molar-refractivity contribution in [2.75, 3.05) is 6.54 Å². The topological polar surface area (TPSA) is 26.0 Å². The quantitative estimate of drug-likeness (QED) is 0.834. The number of halogens is 2. The zero-order valence-electron chi connectivity index (χ0n) is 10.8. The van der Waals surface area contributed by atoms with E-state index in [0.29, 0.717) is 6.54 Å². The highest BCUT2D eigenvalue weighted by molar-refractivity contribution is 6.24. The first kappa shape index (κ1) is 16.0. The second kappa shape index (κ2) is 7.54.